The Kier molecular flexibility index (Phi) is 7.34. The molecular weight excluding hydrogens is 459 g/mol. The van der Waals surface area contributed by atoms with Crippen LogP contribution in [0.25, 0.3) is 0 Å². The number of nitrogens with one attached hydrogen (secondary N) is 1. The lowest BCUT2D eigenvalue weighted by Gasteiger charge is -2.20. The van der Waals surface area contributed by atoms with Crippen LogP contribution in [0.2, 0.25) is 0 Å². The highest BCUT2D eigenvalue weighted by atomic mass is 32.2. The second-order valence-electron chi connectivity index (χ2n) is 7.08. The van der Waals surface area contributed by atoms with Gasteiger partial charge in [0.15, 0.2) is 12.4 Å². The largest absolute Gasteiger partial charge is 0.477 e. The highest BCUT2D eigenvalue weighted by Gasteiger charge is 2.28. The quantitative estimate of drug-likeness (QED) is 0.388. The second-order valence-corrected chi connectivity index (χ2v) is 9.02. The monoisotopic (exact) mass is 478 g/mol. The normalized spacial score (nSPS) is 15.3. The minimum absolute atomic E-state index is 0.0371. The van der Waals surface area contributed by atoms with Gasteiger partial charge in [-0.25, -0.2) is 21.6 Å². The fraction of sp³-hybridized carbons (Fsp3) is 0.350. The Morgan fingerprint density at radius 1 is 0.844 bits per heavy atom. The van der Waals surface area contributed by atoms with Gasteiger partial charge in [0.25, 0.3) is 5.91 Å². The SMILES string of the molecule is O=C(COc1c(F)c(F)c(F)c(F)c1F)Nc1ccc(S(=O)(=O)N2CCCCCC2)cc1. The van der Waals surface area contributed by atoms with E-state index in [2.05, 4.69) is 10.1 Å². The van der Waals surface area contributed by atoms with Crippen LogP contribution < -0.4 is 10.1 Å². The van der Waals surface area contributed by atoms with Crippen LogP contribution in [-0.2, 0) is 14.8 Å². The minimum Gasteiger partial charge on any atom is -0.477 e. The van der Waals surface area contributed by atoms with Gasteiger partial charge in [0.1, 0.15) is 0 Å². The predicted octanol–water partition coefficient (Wildman–Crippen LogP) is 3.96. The fourth-order valence-electron chi connectivity index (χ4n) is 3.19. The third kappa shape index (κ3) is 5.01. The number of ether oxygens (including phenoxy) is 1. The van der Waals surface area contributed by atoms with Gasteiger partial charge in [0.05, 0.1) is 4.90 Å². The zero-order valence-corrected chi connectivity index (χ0v) is 17.5. The van der Waals surface area contributed by atoms with Crippen molar-refractivity contribution in [3.63, 3.8) is 0 Å². The van der Waals surface area contributed by atoms with E-state index in [-0.39, 0.29) is 10.6 Å². The standard InChI is InChI=1S/C20H19F5N2O4S/c21-15-16(22)18(24)20(19(25)17(15)23)31-11-14(28)26-12-5-7-13(8-6-12)32(29,30)27-9-3-1-2-4-10-27/h5-8H,1-4,9-11H2,(H,26,28). The maximum absolute atomic E-state index is 13.6. The number of carbonyl (C=O) groups excluding carboxylic acids is 1. The summed E-state index contributed by atoms with van der Waals surface area (Å²) in [4.78, 5) is 12.0. The van der Waals surface area contributed by atoms with E-state index < -0.39 is 57.4 Å². The molecule has 0 unspecified atom stereocenters. The molecule has 1 fully saturated rings. The van der Waals surface area contributed by atoms with Crippen LogP contribution in [0.15, 0.2) is 29.2 Å². The summed E-state index contributed by atoms with van der Waals surface area (Å²) in [7, 11) is -3.69. The van der Waals surface area contributed by atoms with Crippen molar-refractivity contribution < 1.29 is 39.9 Å². The molecule has 0 atom stereocenters. The number of halogens is 5. The van der Waals surface area contributed by atoms with Gasteiger partial charge in [-0.05, 0) is 37.1 Å². The van der Waals surface area contributed by atoms with Gasteiger partial charge in [-0.3, -0.25) is 4.79 Å². The van der Waals surface area contributed by atoms with Crippen LogP contribution in [0.5, 0.6) is 5.75 Å². The van der Waals surface area contributed by atoms with Gasteiger partial charge < -0.3 is 10.1 Å². The maximum Gasteiger partial charge on any atom is 0.262 e. The Bertz CT molecular complexity index is 1070. The molecule has 0 aromatic heterocycles. The Morgan fingerprint density at radius 3 is 1.88 bits per heavy atom. The molecule has 174 valence electrons. The molecule has 1 heterocycles. The molecule has 3 rings (SSSR count). The Labute approximate surface area is 181 Å². The lowest BCUT2D eigenvalue weighted by atomic mass is 10.2. The zero-order valence-electron chi connectivity index (χ0n) is 16.6. The molecule has 1 N–H and O–H groups in total. The number of benzene rings is 2. The maximum atomic E-state index is 13.6. The van der Waals surface area contributed by atoms with Crippen molar-refractivity contribution in [3.05, 3.63) is 53.4 Å². The number of sulfonamides is 1. The summed E-state index contributed by atoms with van der Waals surface area (Å²) in [5, 5.41) is 2.28. The fourth-order valence-corrected chi connectivity index (χ4v) is 4.70. The number of rotatable bonds is 6. The molecule has 0 saturated carbocycles. The number of nitrogens with zero attached hydrogens (tertiary/aromatic N) is 1. The molecule has 6 nitrogen and oxygen atoms in total. The lowest BCUT2D eigenvalue weighted by Crippen LogP contribution is -2.31. The average molecular weight is 478 g/mol. The van der Waals surface area contributed by atoms with Crippen LogP contribution in [0.4, 0.5) is 27.6 Å². The van der Waals surface area contributed by atoms with Crippen LogP contribution in [-0.4, -0.2) is 38.3 Å². The molecule has 0 bridgehead atoms. The number of amides is 1. The highest BCUT2D eigenvalue weighted by molar-refractivity contribution is 7.89. The van der Waals surface area contributed by atoms with Crippen molar-refractivity contribution in [2.75, 3.05) is 25.0 Å². The molecule has 0 spiro atoms. The number of hydrogen-bond acceptors (Lipinski definition) is 4. The molecule has 32 heavy (non-hydrogen) atoms. The minimum atomic E-state index is -3.69. The van der Waals surface area contributed by atoms with Crippen LogP contribution in [0.3, 0.4) is 0 Å². The van der Waals surface area contributed by atoms with Crippen molar-refractivity contribution in [2.24, 2.45) is 0 Å². The van der Waals surface area contributed by atoms with Gasteiger partial charge in [-0.1, -0.05) is 12.8 Å². The molecule has 1 saturated heterocycles. The van der Waals surface area contributed by atoms with E-state index >= 15 is 0 Å². The molecule has 0 aliphatic carbocycles. The topological polar surface area (TPSA) is 75.7 Å². The van der Waals surface area contributed by atoms with Crippen molar-refractivity contribution in [3.8, 4) is 5.75 Å². The van der Waals surface area contributed by atoms with E-state index in [4.69, 9.17) is 0 Å². The number of hydrogen-bond donors (Lipinski definition) is 1. The highest BCUT2D eigenvalue weighted by Crippen LogP contribution is 2.29. The van der Waals surface area contributed by atoms with Crippen molar-refractivity contribution >= 4 is 21.6 Å². The zero-order chi connectivity index (χ0) is 23.5. The molecule has 1 amide bonds. The van der Waals surface area contributed by atoms with Gasteiger partial charge >= 0.3 is 0 Å². The van der Waals surface area contributed by atoms with Crippen molar-refractivity contribution in [2.45, 2.75) is 30.6 Å². The van der Waals surface area contributed by atoms with Gasteiger partial charge in [-0.15, -0.1) is 0 Å². The van der Waals surface area contributed by atoms with Crippen molar-refractivity contribution in [1.82, 2.24) is 4.31 Å². The van der Waals surface area contributed by atoms with Gasteiger partial charge in [0, 0.05) is 18.8 Å². The Hall–Kier alpha value is -2.73. The van der Waals surface area contributed by atoms with Gasteiger partial charge in [-0.2, -0.15) is 13.1 Å². The summed E-state index contributed by atoms with van der Waals surface area (Å²) in [6, 6.07) is 5.20. The number of carbonyl (C=O) groups is 1. The second kappa shape index (κ2) is 9.82. The molecule has 2 aromatic carbocycles. The molecular formula is C20H19F5N2O4S. The molecule has 2 aromatic rings. The van der Waals surface area contributed by atoms with E-state index in [1.807, 2.05) is 0 Å². The Morgan fingerprint density at radius 2 is 1.34 bits per heavy atom. The molecule has 1 aliphatic heterocycles. The molecule has 12 heteroatoms. The third-order valence-electron chi connectivity index (χ3n) is 4.86. The summed E-state index contributed by atoms with van der Waals surface area (Å²) >= 11 is 0. The summed E-state index contributed by atoms with van der Waals surface area (Å²) < 4.78 is 97.9. The van der Waals surface area contributed by atoms with E-state index in [0.29, 0.717) is 13.1 Å². The van der Waals surface area contributed by atoms with Crippen LogP contribution >= 0.6 is 0 Å². The van der Waals surface area contributed by atoms with Crippen LogP contribution in [0, 0.1) is 29.1 Å². The third-order valence-corrected chi connectivity index (χ3v) is 6.77. The summed E-state index contributed by atoms with van der Waals surface area (Å²) in [5.41, 5.74) is 0.144. The first-order valence-corrected chi connectivity index (χ1v) is 11.1. The summed E-state index contributed by atoms with van der Waals surface area (Å²) in [6.07, 6.45) is 3.47. The van der Waals surface area contributed by atoms with Gasteiger partial charge in [0.2, 0.25) is 39.1 Å². The van der Waals surface area contributed by atoms with E-state index in [9.17, 15) is 35.2 Å². The van der Waals surface area contributed by atoms with E-state index in [0.717, 1.165) is 25.7 Å². The molecule has 0 radical (unpaired) electrons. The summed E-state index contributed by atoms with van der Waals surface area (Å²) in [5.74, 6) is -13.7. The smallest absolute Gasteiger partial charge is 0.262 e. The first kappa shape index (κ1) is 23.9. The van der Waals surface area contributed by atoms with E-state index in [1.165, 1.54) is 28.6 Å². The first-order valence-electron chi connectivity index (χ1n) is 9.67. The predicted molar refractivity (Wildman–Crippen MR) is 104 cm³/mol. The van der Waals surface area contributed by atoms with Crippen molar-refractivity contribution in [1.29, 1.82) is 0 Å². The Balaban J connectivity index is 1.64. The number of anilines is 1. The lowest BCUT2D eigenvalue weighted by molar-refractivity contribution is -0.118. The summed E-state index contributed by atoms with van der Waals surface area (Å²) in [6.45, 7) is -0.197. The van der Waals surface area contributed by atoms with E-state index in [1.54, 1.807) is 0 Å². The van der Waals surface area contributed by atoms with Crippen LogP contribution in [0.1, 0.15) is 25.7 Å². The molecule has 1 aliphatic rings. The first-order chi connectivity index (χ1) is 15.1. The average Bonchev–Trinajstić information content (AvgIpc) is 3.07.